The molecule has 3 N–H and O–H groups in total. The lowest BCUT2D eigenvalue weighted by Gasteiger charge is -2.59. The topological polar surface area (TPSA) is 91.3 Å². The molecule has 5 rings (SSSR count). The molecule has 2 fully saturated rings. The van der Waals surface area contributed by atoms with Crippen molar-refractivity contribution in [2.45, 2.75) is 62.3 Å². The van der Waals surface area contributed by atoms with Gasteiger partial charge in [0, 0.05) is 34.7 Å². The van der Waals surface area contributed by atoms with Crippen molar-refractivity contribution < 1.29 is 24.5 Å². The fourth-order valence-electron chi connectivity index (χ4n) is 6.53. The number of carbonyl (C=O) groups is 1. The largest absolute Gasteiger partial charge is 0.504 e. The number of phenols is 1. The Kier molecular flexibility index (Phi) is 3.87. The van der Waals surface area contributed by atoms with Gasteiger partial charge in [-0.3, -0.25) is 10.1 Å². The number of carboxylic acid groups (broad SMARTS) is 1. The third kappa shape index (κ3) is 2.14. The lowest BCUT2D eigenvalue weighted by molar-refractivity contribution is -0.140. The molecule has 1 spiro atoms. The van der Waals surface area contributed by atoms with E-state index in [0.29, 0.717) is 17.7 Å². The van der Waals surface area contributed by atoms with Crippen molar-refractivity contribution in [2.24, 2.45) is 5.92 Å². The fourth-order valence-corrected chi connectivity index (χ4v) is 6.53. The molecule has 28 heavy (non-hydrogen) atoms. The number of aromatic hydroxyl groups is 1. The quantitative estimate of drug-likeness (QED) is 0.720. The predicted molar refractivity (Wildman–Crippen MR) is 102 cm³/mol. The van der Waals surface area contributed by atoms with Gasteiger partial charge in [0.15, 0.2) is 11.5 Å². The van der Waals surface area contributed by atoms with Gasteiger partial charge in [0.25, 0.3) is 0 Å². The van der Waals surface area contributed by atoms with Crippen molar-refractivity contribution in [3.05, 3.63) is 17.2 Å². The molecule has 0 unspecified atom stereocenters. The molecule has 0 amide bonds. The summed E-state index contributed by atoms with van der Waals surface area (Å²) in [5, 5.41) is 23.4. The molecule has 1 aromatic rings. The lowest BCUT2D eigenvalue weighted by Crippen LogP contribution is -2.68. The first-order chi connectivity index (χ1) is 13.4. The van der Waals surface area contributed by atoms with E-state index in [2.05, 4.69) is 17.3 Å². The molecular weight excluding hydrogens is 360 g/mol. The van der Waals surface area contributed by atoms with E-state index in [4.69, 9.17) is 9.47 Å². The summed E-state index contributed by atoms with van der Waals surface area (Å²) in [6, 6.07) is 1.38. The van der Waals surface area contributed by atoms with E-state index in [-0.39, 0.29) is 23.3 Å². The van der Waals surface area contributed by atoms with Crippen LogP contribution in [0.5, 0.6) is 17.2 Å². The van der Waals surface area contributed by atoms with Gasteiger partial charge in [0.2, 0.25) is 0 Å². The molecule has 1 saturated carbocycles. The normalized spacial score (nSPS) is 36.4. The highest BCUT2D eigenvalue weighted by atomic mass is 16.5. The number of benzene rings is 1. The first-order valence-corrected chi connectivity index (χ1v) is 10.2. The van der Waals surface area contributed by atoms with Crippen LogP contribution < -0.4 is 14.8 Å². The SMILES string of the molecule is COc1cc(O)c2c3c1C[C@@H]1[C@@H]4CC[C@H](N[C@@H](C)C(=O)O)[C@H](O2)[C@]34CCN1C. The van der Waals surface area contributed by atoms with Gasteiger partial charge in [0.1, 0.15) is 17.9 Å². The van der Waals surface area contributed by atoms with Crippen LogP contribution >= 0.6 is 0 Å². The zero-order valence-electron chi connectivity index (χ0n) is 16.6. The van der Waals surface area contributed by atoms with Gasteiger partial charge in [-0.25, -0.2) is 0 Å². The standard InChI is InChI=1S/C21H28N2O5/c1-10(20(25)26)22-13-5-4-12-14-8-11-16(27-3)9-15(24)18-17(11)21(12,19(13)28-18)6-7-23(14)2/h9-10,12-14,19,22,24H,4-8H2,1-3H3,(H,25,26)/t10-,12-,13-,14+,19-,21-/m0/s1. The maximum absolute atomic E-state index is 11.4. The van der Waals surface area contributed by atoms with Crippen molar-refractivity contribution in [2.75, 3.05) is 20.7 Å². The van der Waals surface area contributed by atoms with E-state index in [0.717, 1.165) is 49.1 Å². The average molecular weight is 388 g/mol. The van der Waals surface area contributed by atoms with Gasteiger partial charge in [-0.1, -0.05) is 0 Å². The number of likely N-dealkylation sites (N-methyl/N-ethyl adjacent to an activating group) is 1. The molecule has 7 heteroatoms. The maximum Gasteiger partial charge on any atom is 0.320 e. The third-order valence-corrected chi connectivity index (χ3v) is 7.74. The van der Waals surface area contributed by atoms with Crippen LogP contribution in [-0.2, 0) is 16.6 Å². The minimum absolute atomic E-state index is 0.0600. The Bertz CT molecular complexity index is 843. The van der Waals surface area contributed by atoms with E-state index in [9.17, 15) is 15.0 Å². The number of ether oxygens (including phenoxy) is 2. The van der Waals surface area contributed by atoms with Gasteiger partial charge in [-0.05, 0) is 52.1 Å². The van der Waals surface area contributed by atoms with Crippen molar-refractivity contribution in [1.29, 1.82) is 0 Å². The molecule has 152 valence electrons. The van der Waals surface area contributed by atoms with E-state index in [1.54, 1.807) is 20.1 Å². The second-order valence-electron chi connectivity index (χ2n) is 8.88. The van der Waals surface area contributed by atoms with Crippen LogP contribution in [0.4, 0.5) is 0 Å². The Morgan fingerprint density at radius 1 is 1.46 bits per heavy atom. The third-order valence-electron chi connectivity index (χ3n) is 7.74. The Balaban J connectivity index is 1.67. The smallest absolute Gasteiger partial charge is 0.320 e. The van der Waals surface area contributed by atoms with Crippen LogP contribution in [0.25, 0.3) is 0 Å². The van der Waals surface area contributed by atoms with Crippen molar-refractivity contribution in [3.63, 3.8) is 0 Å². The van der Waals surface area contributed by atoms with Crippen LogP contribution in [0.15, 0.2) is 6.07 Å². The molecule has 2 aliphatic carbocycles. The molecule has 1 saturated heterocycles. The molecule has 1 aromatic carbocycles. The van der Waals surface area contributed by atoms with Crippen LogP contribution in [-0.4, -0.2) is 66.0 Å². The Labute approximate surface area is 164 Å². The summed E-state index contributed by atoms with van der Waals surface area (Å²) in [6.07, 6.45) is 3.57. The van der Waals surface area contributed by atoms with Gasteiger partial charge < -0.3 is 24.6 Å². The molecule has 0 aromatic heterocycles. The van der Waals surface area contributed by atoms with E-state index < -0.39 is 12.0 Å². The number of likely N-dealkylation sites (tertiary alicyclic amines) is 1. The van der Waals surface area contributed by atoms with Crippen molar-refractivity contribution in [3.8, 4) is 17.2 Å². The molecule has 2 heterocycles. The lowest BCUT2D eigenvalue weighted by atomic mass is 9.51. The number of rotatable bonds is 4. The van der Waals surface area contributed by atoms with Crippen molar-refractivity contribution in [1.82, 2.24) is 10.2 Å². The predicted octanol–water partition coefficient (Wildman–Crippen LogP) is 1.50. The molecule has 4 aliphatic rings. The Morgan fingerprint density at radius 3 is 2.96 bits per heavy atom. The summed E-state index contributed by atoms with van der Waals surface area (Å²) >= 11 is 0. The Morgan fingerprint density at radius 2 is 2.25 bits per heavy atom. The zero-order valence-corrected chi connectivity index (χ0v) is 16.6. The average Bonchev–Trinajstić information content (AvgIpc) is 3.02. The summed E-state index contributed by atoms with van der Waals surface area (Å²) in [7, 11) is 3.84. The number of nitrogens with one attached hydrogen (secondary N) is 1. The van der Waals surface area contributed by atoms with Gasteiger partial charge in [-0.15, -0.1) is 0 Å². The number of aliphatic carboxylic acids is 1. The Hall–Kier alpha value is -1.99. The summed E-state index contributed by atoms with van der Waals surface area (Å²) < 4.78 is 12.1. The van der Waals surface area contributed by atoms with E-state index >= 15 is 0 Å². The van der Waals surface area contributed by atoms with Crippen LogP contribution in [0.3, 0.4) is 0 Å². The van der Waals surface area contributed by atoms with Crippen LogP contribution in [0, 0.1) is 5.92 Å². The minimum Gasteiger partial charge on any atom is -0.504 e. The van der Waals surface area contributed by atoms with Gasteiger partial charge >= 0.3 is 5.97 Å². The number of hydrogen-bond acceptors (Lipinski definition) is 6. The highest BCUT2D eigenvalue weighted by Gasteiger charge is 2.66. The molecule has 2 bridgehead atoms. The molecule has 0 radical (unpaired) electrons. The molecule has 2 aliphatic heterocycles. The second kappa shape index (κ2) is 6.00. The van der Waals surface area contributed by atoms with Crippen LogP contribution in [0.1, 0.15) is 37.3 Å². The number of hydrogen-bond donors (Lipinski definition) is 3. The first-order valence-electron chi connectivity index (χ1n) is 10.2. The van der Waals surface area contributed by atoms with E-state index in [1.807, 2.05) is 0 Å². The summed E-state index contributed by atoms with van der Waals surface area (Å²) in [5.41, 5.74) is 2.08. The fraction of sp³-hybridized carbons (Fsp3) is 0.667. The van der Waals surface area contributed by atoms with Gasteiger partial charge in [0.05, 0.1) is 7.11 Å². The molecule has 7 nitrogen and oxygen atoms in total. The monoisotopic (exact) mass is 388 g/mol. The van der Waals surface area contributed by atoms with Gasteiger partial charge in [-0.2, -0.15) is 0 Å². The zero-order chi connectivity index (χ0) is 19.8. The number of methoxy groups -OCH3 is 1. The highest BCUT2D eigenvalue weighted by molar-refractivity contribution is 5.73. The second-order valence-corrected chi connectivity index (χ2v) is 8.88. The van der Waals surface area contributed by atoms with Crippen LogP contribution in [0.2, 0.25) is 0 Å². The minimum atomic E-state index is -0.856. The number of piperidine rings is 1. The number of phenolic OH excluding ortho intramolecular Hbond substituents is 1. The number of nitrogens with zero attached hydrogens (tertiary/aromatic N) is 1. The van der Waals surface area contributed by atoms with Crippen molar-refractivity contribution >= 4 is 5.97 Å². The highest BCUT2D eigenvalue weighted by Crippen LogP contribution is 2.65. The molecule has 6 atom stereocenters. The first kappa shape index (κ1) is 18.1. The molecular formula is C21H28N2O5. The maximum atomic E-state index is 11.4. The summed E-state index contributed by atoms with van der Waals surface area (Å²) in [6.45, 7) is 2.65. The summed E-state index contributed by atoms with van der Waals surface area (Å²) in [4.78, 5) is 13.9. The van der Waals surface area contributed by atoms with E-state index in [1.165, 1.54) is 0 Å². The summed E-state index contributed by atoms with van der Waals surface area (Å²) in [5.74, 6) is 1.03. The number of carboxylic acids is 1.